The molecule has 0 unspecified atom stereocenters. The van der Waals surface area contributed by atoms with Gasteiger partial charge in [0.15, 0.2) is 0 Å². The number of hydrogen-bond acceptors (Lipinski definition) is 5. The van der Waals surface area contributed by atoms with Gasteiger partial charge in [0.2, 0.25) is 0 Å². The highest BCUT2D eigenvalue weighted by Crippen LogP contribution is 2.41. The summed E-state index contributed by atoms with van der Waals surface area (Å²) in [5.74, 6) is 3.00. The maximum absolute atomic E-state index is 5.98. The second-order valence-corrected chi connectivity index (χ2v) is 8.10. The average Bonchev–Trinajstić information content (AvgIpc) is 3.24. The van der Waals surface area contributed by atoms with E-state index in [0.717, 1.165) is 41.1 Å². The van der Waals surface area contributed by atoms with Crippen LogP contribution >= 0.6 is 47.8 Å². The summed E-state index contributed by atoms with van der Waals surface area (Å²) in [4.78, 5) is 10.7. The van der Waals surface area contributed by atoms with Crippen LogP contribution in [-0.2, 0) is 6.54 Å². The number of nitrogens with two attached hydrogens (primary N) is 1. The van der Waals surface area contributed by atoms with E-state index in [0.29, 0.717) is 17.9 Å². The first-order valence-corrected chi connectivity index (χ1v) is 8.99. The summed E-state index contributed by atoms with van der Waals surface area (Å²) in [6.07, 6.45) is 4.52. The van der Waals surface area contributed by atoms with Crippen LogP contribution in [-0.4, -0.2) is 16.0 Å². The molecule has 0 spiro atoms. The van der Waals surface area contributed by atoms with Crippen LogP contribution in [0.3, 0.4) is 0 Å². The Morgan fingerprint density at radius 2 is 1.92 bits per heavy atom. The van der Waals surface area contributed by atoms with Gasteiger partial charge >= 0.3 is 0 Å². The highest BCUT2D eigenvalue weighted by molar-refractivity contribution is 7.16. The number of anilines is 1. The molecule has 4 nitrogen and oxygen atoms in total. The predicted molar refractivity (Wildman–Crippen MR) is 105 cm³/mol. The summed E-state index contributed by atoms with van der Waals surface area (Å²) < 4.78 is 0.822. The van der Waals surface area contributed by atoms with Crippen LogP contribution in [0, 0.1) is 0 Å². The van der Waals surface area contributed by atoms with Gasteiger partial charge in [0.25, 0.3) is 0 Å². The van der Waals surface area contributed by atoms with E-state index >= 15 is 0 Å². The minimum atomic E-state index is 0. The van der Waals surface area contributed by atoms with Gasteiger partial charge in [0, 0.05) is 34.5 Å². The molecule has 0 bridgehead atoms. The van der Waals surface area contributed by atoms with Gasteiger partial charge in [-0.25, -0.2) is 9.97 Å². The van der Waals surface area contributed by atoms with Crippen molar-refractivity contribution in [2.24, 2.45) is 5.73 Å². The molecule has 2 aliphatic rings. The first-order valence-electron chi connectivity index (χ1n) is 7.80. The number of rotatable bonds is 5. The molecule has 2 aromatic rings. The normalized spacial score (nSPS) is 22.1. The van der Waals surface area contributed by atoms with Crippen molar-refractivity contribution in [3.63, 3.8) is 0 Å². The Labute approximate surface area is 163 Å². The van der Waals surface area contributed by atoms with Crippen LogP contribution in [0.15, 0.2) is 18.2 Å². The maximum atomic E-state index is 5.98. The van der Waals surface area contributed by atoms with Crippen molar-refractivity contribution in [3.8, 4) is 0 Å². The van der Waals surface area contributed by atoms with Crippen LogP contribution in [0.4, 0.5) is 5.82 Å². The number of aromatic nitrogens is 2. The third-order valence-corrected chi connectivity index (χ3v) is 5.60. The lowest BCUT2D eigenvalue weighted by Crippen LogP contribution is -2.35. The van der Waals surface area contributed by atoms with E-state index in [4.69, 9.17) is 27.3 Å². The smallest absolute Gasteiger partial charge is 0.134 e. The molecule has 3 N–H and O–H groups in total. The molecule has 4 rings (SSSR count). The summed E-state index contributed by atoms with van der Waals surface area (Å²) in [7, 11) is 0. The molecule has 0 saturated heterocycles. The molecule has 2 fully saturated rings. The predicted octanol–water partition coefficient (Wildman–Crippen LogP) is 4.73. The highest BCUT2D eigenvalue weighted by Gasteiger charge is 2.32. The number of hydrogen-bond donors (Lipinski definition) is 2. The van der Waals surface area contributed by atoms with Gasteiger partial charge in [-0.2, -0.15) is 0 Å². The number of nitrogens with one attached hydrogen (secondary N) is 1. The molecule has 0 aliphatic heterocycles. The Hall–Kier alpha value is -0.590. The molecule has 0 atom stereocenters. The van der Waals surface area contributed by atoms with Crippen molar-refractivity contribution < 1.29 is 0 Å². The van der Waals surface area contributed by atoms with Gasteiger partial charge in [-0.1, -0.05) is 11.6 Å². The third kappa shape index (κ3) is 4.52. The van der Waals surface area contributed by atoms with E-state index in [1.165, 1.54) is 17.7 Å². The second kappa shape index (κ2) is 8.19. The second-order valence-electron chi connectivity index (χ2n) is 6.30. The lowest BCUT2D eigenvalue weighted by atomic mass is 9.78. The zero-order valence-corrected chi connectivity index (χ0v) is 16.3. The molecule has 0 radical (unpaired) electrons. The number of thiophene rings is 1. The first kappa shape index (κ1) is 19.7. The lowest BCUT2D eigenvalue weighted by Gasteiger charge is -2.32. The fraction of sp³-hybridized carbons (Fsp3) is 0.500. The van der Waals surface area contributed by atoms with Crippen molar-refractivity contribution in [2.45, 2.75) is 50.1 Å². The lowest BCUT2D eigenvalue weighted by molar-refractivity contribution is 0.344. The molecule has 0 amide bonds. The fourth-order valence-corrected chi connectivity index (χ4v) is 3.86. The van der Waals surface area contributed by atoms with Gasteiger partial charge in [-0.3, -0.25) is 0 Å². The van der Waals surface area contributed by atoms with E-state index in [2.05, 4.69) is 17.4 Å². The summed E-state index contributed by atoms with van der Waals surface area (Å²) in [5, 5.41) is 3.42. The standard InChI is InChI=1S/C16H19ClN4S.2ClH/c17-14-4-3-12(22-14)8-19-15-7-13(10-5-11(18)6-10)20-16(21-15)9-1-2-9;;/h3-4,7,9-11H,1-2,5-6,8,18H2,(H,19,20,21);2*1H. The monoisotopic (exact) mass is 406 g/mol. The average molecular weight is 408 g/mol. The fourth-order valence-electron chi connectivity index (χ4n) is 2.84. The quantitative estimate of drug-likeness (QED) is 0.752. The summed E-state index contributed by atoms with van der Waals surface area (Å²) in [6.45, 7) is 0.752. The molecular weight excluding hydrogens is 387 g/mol. The zero-order chi connectivity index (χ0) is 15.1. The van der Waals surface area contributed by atoms with Crippen molar-refractivity contribution >= 4 is 53.6 Å². The summed E-state index contributed by atoms with van der Waals surface area (Å²) in [5.41, 5.74) is 7.08. The van der Waals surface area contributed by atoms with Crippen LogP contribution < -0.4 is 11.1 Å². The van der Waals surface area contributed by atoms with E-state index < -0.39 is 0 Å². The molecular formula is C16H21Cl3N4S. The zero-order valence-electron chi connectivity index (χ0n) is 13.1. The highest BCUT2D eigenvalue weighted by atomic mass is 35.5. The minimum absolute atomic E-state index is 0. The van der Waals surface area contributed by atoms with Crippen molar-refractivity contribution in [1.29, 1.82) is 0 Å². The van der Waals surface area contributed by atoms with Crippen molar-refractivity contribution in [1.82, 2.24) is 9.97 Å². The molecule has 8 heteroatoms. The van der Waals surface area contributed by atoms with Gasteiger partial charge in [-0.05, 0) is 37.8 Å². The van der Waals surface area contributed by atoms with Crippen LogP contribution in [0.25, 0.3) is 0 Å². The van der Waals surface area contributed by atoms with Crippen LogP contribution in [0.1, 0.15) is 53.9 Å². The van der Waals surface area contributed by atoms with Gasteiger partial charge in [0.05, 0.1) is 10.9 Å². The topological polar surface area (TPSA) is 63.8 Å². The Bertz CT molecular complexity index is 684. The maximum Gasteiger partial charge on any atom is 0.134 e. The van der Waals surface area contributed by atoms with E-state index in [1.807, 2.05) is 6.07 Å². The molecule has 2 aromatic heterocycles. The summed E-state index contributed by atoms with van der Waals surface area (Å²) >= 11 is 7.58. The van der Waals surface area contributed by atoms with E-state index in [9.17, 15) is 0 Å². The SMILES string of the molecule is Cl.Cl.NC1CC(c2cc(NCc3ccc(Cl)s3)nc(C3CC3)n2)C1. The Kier molecular flexibility index (Phi) is 6.74. The number of nitrogens with zero attached hydrogens (tertiary/aromatic N) is 2. The van der Waals surface area contributed by atoms with Crippen LogP contribution in [0.2, 0.25) is 4.34 Å². The minimum Gasteiger partial charge on any atom is -0.365 e. The molecule has 0 aromatic carbocycles. The Morgan fingerprint density at radius 3 is 2.50 bits per heavy atom. The van der Waals surface area contributed by atoms with Gasteiger partial charge in [0.1, 0.15) is 11.6 Å². The molecule has 2 aliphatic carbocycles. The molecule has 2 heterocycles. The Morgan fingerprint density at radius 1 is 1.17 bits per heavy atom. The Balaban J connectivity index is 0.00000104. The summed E-state index contributed by atoms with van der Waals surface area (Å²) in [6, 6.07) is 6.42. The van der Waals surface area contributed by atoms with Crippen molar-refractivity contribution in [2.75, 3.05) is 5.32 Å². The van der Waals surface area contributed by atoms with Gasteiger partial charge < -0.3 is 11.1 Å². The van der Waals surface area contributed by atoms with Crippen LogP contribution in [0.5, 0.6) is 0 Å². The first-order chi connectivity index (χ1) is 10.7. The molecule has 24 heavy (non-hydrogen) atoms. The van der Waals surface area contributed by atoms with E-state index in [1.54, 1.807) is 11.3 Å². The van der Waals surface area contributed by atoms with E-state index in [-0.39, 0.29) is 24.8 Å². The number of halogens is 3. The van der Waals surface area contributed by atoms with Crippen molar-refractivity contribution in [3.05, 3.63) is 38.9 Å². The largest absolute Gasteiger partial charge is 0.365 e. The molecule has 132 valence electrons. The molecule has 2 saturated carbocycles. The van der Waals surface area contributed by atoms with Gasteiger partial charge in [-0.15, -0.1) is 36.2 Å². The third-order valence-electron chi connectivity index (χ3n) is 4.37.